The first-order chi connectivity index (χ1) is 6.71. The maximum absolute atomic E-state index is 11.5. The van der Waals surface area contributed by atoms with Gasteiger partial charge in [-0.15, -0.1) is 10.2 Å². The number of rotatable bonds is 4. The van der Waals surface area contributed by atoms with Gasteiger partial charge in [0.05, 0.1) is 11.5 Å². The molecule has 0 fully saturated rings. The number of hydrogen-bond acceptors (Lipinski definition) is 7. The second-order valence-corrected chi connectivity index (χ2v) is 9.01. The van der Waals surface area contributed by atoms with E-state index >= 15 is 0 Å². The van der Waals surface area contributed by atoms with Gasteiger partial charge in [0.15, 0.2) is 0 Å². The monoisotopic (exact) mass is 290 g/mol. The molecule has 1 aromatic heterocycles. The van der Waals surface area contributed by atoms with Gasteiger partial charge < -0.3 is 0 Å². The lowest BCUT2D eigenvalue weighted by atomic mass is 10.9. The molecule has 0 saturated heterocycles. The number of aromatic nitrogens is 2. The molecular weight excluding hydrogens is 284 g/mol. The Balaban J connectivity index is 2.86. The quantitative estimate of drug-likeness (QED) is 0.735. The Morgan fingerprint density at radius 2 is 1.80 bits per heavy atom. The highest BCUT2D eigenvalue weighted by molar-refractivity contribution is 8.14. The molecule has 0 aliphatic rings. The Bertz CT molecular complexity index is 547. The van der Waals surface area contributed by atoms with Gasteiger partial charge in [0.25, 0.3) is 0 Å². The molecule has 1 aromatic rings. The minimum Gasteiger partial charge on any atom is -0.221 e. The SMILES string of the molecule is Cc1nnc(S(=O)(=O)CCS(=O)(=O)Cl)s1. The van der Waals surface area contributed by atoms with Crippen LogP contribution in [0.1, 0.15) is 5.01 Å². The zero-order valence-corrected chi connectivity index (χ0v) is 10.7. The Kier molecular flexibility index (Phi) is 3.69. The van der Waals surface area contributed by atoms with Gasteiger partial charge in [0.1, 0.15) is 5.01 Å². The Labute approximate surface area is 95.6 Å². The lowest BCUT2D eigenvalue weighted by Crippen LogP contribution is -2.14. The molecule has 0 aliphatic carbocycles. The van der Waals surface area contributed by atoms with Crippen molar-refractivity contribution in [1.82, 2.24) is 10.2 Å². The summed E-state index contributed by atoms with van der Waals surface area (Å²) in [6.45, 7) is 1.61. The van der Waals surface area contributed by atoms with Gasteiger partial charge in [-0.25, -0.2) is 16.8 Å². The van der Waals surface area contributed by atoms with Crippen molar-refractivity contribution >= 4 is 40.9 Å². The number of aryl methyl sites for hydroxylation is 1. The van der Waals surface area contributed by atoms with Crippen LogP contribution in [0.2, 0.25) is 0 Å². The van der Waals surface area contributed by atoms with Crippen molar-refractivity contribution < 1.29 is 16.8 Å². The van der Waals surface area contributed by atoms with Crippen LogP contribution in [0.4, 0.5) is 0 Å². The first kappa shape index (κ1) is 12.8. The summed E-state index contributed by atoms with van der Waals surface area (Å²) < 4.78 is 43.9. The zero-order chi connectivity index (χ0) is 11.7. The molecule has 10 heteroatoms. The predicted molar refractivity (Wildman–Crippen MR) is 56.3 cm³/mol. The maximum Gasteiger partial charge on any atom is 0.233 e. The largest absolute Gasteiger partial charge is 0.233 e. The highest BCUT2D eigenvalue weighted by Crippen LogP contribution is 2.16. The van der Waals surface area contributed by atoms with E-state index in [9.17, 15) is 16.8 Å². The second-order valence-electron chi connectivity index (χ2n) is 2.65. The van der Waals surface area contributed by atoms with Crippen LogP contribution in [-0.2, 0) is 18.9 Å². The van der Waals surface area contributed by atoms with E-state index in [1.54, 1.807) is 6.92 Å². The zero-order valence-electron chi connectivity index (χ0n) is 7.54. The third-order valence-corrected chi connectivity index (χ3v) is 5.78. The third-order valence-electron chi connectivity index (χ3n) is 1.37. The Morgan fingerprint density at radius 3 is 2.20 bits per heavy atom. The normalized spacial score (nSPS) is 12.9. The van der Waals surface area contributed by atoms with Crippen molar-refractivity contribution in [2.24, 2.45) is 0 Å². The molecule has 0 aromatic carbocycles. The van der Waals surface area contributed by atoms with E-state index in [-0.39, 0.29) is 4.34 Å². The fourth-order valence-corrected chi connectivity index (χ4v) is 4.82. The van der Waals surface area contributed by atoms with E-state index in [0.717, 1.165) is 11.3 Å². The maximum atomic E-state index is 11.5. The third kappa shape index (κ3) is 4.01. The van der Waals surface area contributed by atoms with E-state index in [1.165, 1.54) is 0 Å². The highest BCUT2D eigenvalue weighted by Gasteiger charge is 2.22. The summed E-state index contributed by atoms with van der Waals surface area (Å²) in [6, 6.07) is 0. The van der Waals surface area contributed by atoms with Crippen LogP contribution in [0, 0.1) is 6.92 Å². The van der Waals surface area contributed by atoms with Crippen LogP contribution in [0.3, 0.4) is 0 Å². The van der Waals surface area contributed by atoms with E-state index in [4.69, 9.17) is 10.7 Å². The molecule has 1 heterocycles. The van der Waals surface area contributed by atoms with Gasteiger partial charge in [-0.05, 0) is 6.92 Å². The number of hydrogen-bond donors (Lipinski definition) is 0. The van der Waals surface area contributed by atoms with Crippen LogP contribution in [0.15, 0.2) is 4.34 Å². The van der Waals surface area contributed by atoms with Crippen molar-refractivity contribution in [3.63, 3.8) is 0 Å². The number of halogens is 1. The van der Waals surface area contributed by atoms with Crippen LogP contribution in [0.5, 0.6) is 0 Å². The molecule has 0 aliphatic heterocycles. The summed E-state index contributed by atoms with van der Waals surface area (Å²) in [5, 5.41) is 7.47. The van der Waals surface area contributed by atoms with E-state index in [0.29, 0.717) is 5.01 Å². The molecule has 6 nitrogen and oxygen atoms in total. The average Bonchev–Trinajstić information content (AvgIpc) is 2.48. The number of nitrogens with zero attached hydrogens (tertiary/aromatic N) is 2. The lowest BCUT2D eigenvalue weighted by Gasteiger charge is -1.96. The molecule has 0 unspecified atom stereocenters. The van der Waals surface area contributed by atoms with Crippen molar-refractivity contribution in [2.45, 2.75) is 11.3 Å². The standard InChI is InChI=1S/C5H7ClN2O4S3/c1-4-7-8-5(13-4)14(9,10)2-3-15(6,11)12/h2-3H2,1H3. The van der Waals surface area contributed by atoms with Crippen molar-refractivity contribution in [3.05, 3.63) is 5.01 Å². The van der Waals surface area contributed by atoms with Gasteiger partial charge in [0.2, 0.25) is 23.2 Å². The van der Waals surface area contributed by atoms with E-state index < -0.39 is 30.4 Å². The first-order valence-electron chi connectivity index (χ1n) is 3.66. The fourth-order valence-electron chi connectivity index (χ4n) is 0.701. The van der Waals surface area contributed by atoms with Crippen LogP contribution >= 0.6 is 22.0 Å². The van der Waals surface area contributed by atoms with E-state index in [2.05, 4.69) is 10.2 Å². The Hall–Kier alpha value is -0.250. The van der Waals surface area contributed by atoms with Gasteiger partial charge >= 0.3 is 0 Å². The summed E-state index contributed by atoms with van der Waals surface area (Å²) in [5.74, 6) is -1.21. The van der Waals surface area contributed by atoms with Crippen LogP contribution < -0.4 is 0 Å². The van der Waals surface area contributed by atoms with Gasteiger partial charge in [-0.1, -0.05) is 11.3 Å². The smallest absolute Gasteiger partial charge is 0.221 e. The minimum absolute atomic E-state index is 0.180. The van der Waals surface area contributed by atoms with Gasteiger partial charge in [-0.3, -0.25) is 0 Å². The molecule has 15 heavy (non-hydrogen) atoms. The molecule has 1 rings (SSSR count). The topological polar surface area (TPSA) is 94.1 Å². The molecule has 0 amide bonds. The van der Waals surface area contributed by atoms with Crippen molar-refractivity contribution in [2.75, 3.05) is 11.5 Å². The van der Waals surface area contributed by atoms with Crippen molar-refractivity contribution in [3.8, 4) is 0 Å². The minimum atomic E-state index is -3.81. The molecule has 0 saturated carbocycles. The second kappa shape index (κ2) is 4.32. The molecule has 0 spiro atoms. The summed E-state index contributed by atoms with van der Waals surface area (Å²) in [7, 11) is -2.59. The van der Waals surface area contributed by atoms with E-state index in [1.807, 2.05) is 0 Å². The summed E-state index contributed by atoms with van der Waals surface area (Å²) in [6.07, 6.45) is 0. The Morgan fingerprint density at radius 1 is 1.20 bits per heavy atom. The average molecular weight is 291 g/mol. The highest BCUT2D eigenvalue weighted by atomic mass is 35.7. The summed E-state index contributed by atoms with van der Waals surface area (Å²) >= 11 is 0.897. The lowest BCUT2D eigenvalue weighted by molar-refractivity contribution is 0.591. The van der Waals surface area contributed by atoms with Gasteiger partial charge in [0, 0.05) is 10.7 Å². The fraction of sp³-hybridized carbons (Fsp3) is 0.600. The van der Waals surface area contributed by atoms with Gasteiger partial charge in [-0.2, -0.15) is 0 Å². The molecule has 0 radical (unpaired) electrons. The van der Waals surface area contributed by atoms with Crippen molar-refractivity contribution in [1.29, 1.82) is 0 Å². The molecule has 86 valence electrons. The summed E-state index contributed by atoms with van der Waals surface area (Å²) in [5.41, 5.74) is 0. The molecule has 0 bridgehead atoms. The predicted octanol–water partition coefficient (Wildman–Crippen LogP) is 0.189. The number of sulfone groups is 1. The first-order valence-corrected chi connectivity index (χ1v) is 8.61. The molecule has 0 N–H and O–H groups in total. The molecule has 0 atom stereocenters. The van der Waals surface area contributed by atoms with Crippen LogP contribution in [-0.4, -0.2) is 38.5 Å². The summed E-state index contributed by atoms with van der Waals surface area (Å²) in [4.78, 5) is 0. The molecular formula is C5H7ClN2O4S3. The van der Waals surface area contributed by atoms with Crippen LogP contribution in [0.25, 0.3) is 0 Å².